The van der Waals surface area contributed by atoms with Crippen LogP contribution < -0.4 is 5.32 Å². The van der Waals surface area contributed by atoms with E-state index >= 15 is 0 Å². The summed E-state index contributed by atoms with van der Waals surface area (Å²) < 4.78 is 0. The van der Waals surface area contributed by atoms with Crippen LogP contribution in [0.15, 0.2) is 0 Å². The standard InChI is InChI=1S/C18H33N/c1-13-9-14(2)11-16(10-13)18-6-4-3-5-15(18)12-19-17-7-8-17/h13-19H,3-12H2,1-2H3. The summed E-state index contributed by atoms with van der Waals surface area (Å²) in [5.74, 6) is 5.05. The molecule has 0 radical (unpaired) electrons. The molecular weight excluding hydrogens is 230 g/mol. The molecule has 0 aromatic carbocycles. The highest BCUT2D eigenvalue weighted by molar-refractivity contribution is 4.89. The Hall–Kier alpha value is -0.0400. The molecule has 0 aromatic rings. The molecule has 0 saturated heterocycles. The molecule has 0 bridgehead atoms. The second-order valence-electron chi connectivity index (χ2n) is 8.07. The van der Waals surface area contributed by atoms with Crippen molar-refractivity contribution in [1.82, 2.24) is 5.32 Å². The van der Waals surface area contributed by atoms with Crippen molar-refractivity contribution in [2.75, 3.05) is 6.54 Å². The SMILES string of the molecule is CC1CC(C)CC(C2CCCCC2CNC2CC2)C1. The molecule has 110 valence electrons. The van der Waals surface area contributed by atoms with Crippen LogP contribution in [-0.2, 0) is 0 Å². The fraction of sp³-hybridized carbons (Fsp3) is 1.00. The van der Waals surface area contributed by atoms with E-state index in [0.29, 0.717) is 0 Å². The largest absolute Gasteiger partial charge is 0.314 e. The number of rotatable bonds is 4. The Morgan fingerprint density at radius 2 is 1.53 bits per heavy atom. The summed E-state index contributed by atoms with van der Waals surface area (Å²) in [5.41, 5.74) is 0. The third kappa shape index (κ3) is 3.74. The maximum Gasteiger partial charge on any atom is 0.00683 e. The van der Waals surface area contributed by atoms with Gasteiger partial charge in [-0.2, -0.15) is 0 Å². The Kier molecular flexibility index (Phi) is 4.51. The van der Waals surface area contributed by atoms with Gasteiger partial charge in [0, 0.05) is 6.04 Å². The van der Waals surface area contributed by atoms with Crippen molar-refractivity contribution >= 4 is 0 Å². The van der Waals surface area contributed by atoms with E-state index in [-0.39, 0.29) is 0 Å². The van der Waals surface area contributed by atoms with Gasteiger partial charge in [-0.15, -0.1) is 0 Å². The zero-order valence-corrected chi connectivity index (χ0v) is 13.0. The Morgan fingerprint density at radius 1 is 0.842 bits per heavy atom. The zero-order chi connectivity index (χ0) is 13.2. The van der Waals surface area contributed by atoms with Gasteiger partial charge in [0.05, 0.1) is 0 Å². The molecule has 3 aliphatic carbocycles. The van der Waals surface area contributed by atoms with Crippen LogP contribution >= 0.6 is 0 Å². The van der Waals surface area contributed by atoms with Crippen molar-refractivity contribution in [3.8, 4) is 0 Å². The molecule has 0 aliphatic heterocycles. The van der Waals surface area contributed by atoms with Gasteiger partial charge in [0.2, 0.25) is 0 Å². The van der Waals surface area contributed by atoms with Gasteiger partial charge < -0.3 is 5.32 Å². The Bertz CT molecular complexity index is 273. The van der Waals surface area contributed by atoms with Crippen LogP contribution in [-0.4, -0.2) is 12.6 Å². The summed E-state index contributed by atoms with van der Waals surface area (Å²) in [6.45, 7) is 6.31. The minimum atomic E-state index is 0.895. The van der Waals surface area contributed by atoms with E-state index in [1.807, 2.05) is 0 Å². The summed E-state index contributed by atoms with van der Waals surface area (Å²) in [6, 6.07) is 0.895. The quantitative estimate of drug-likeness (QED) is 0.780. The lowest BCUT2D eigenvalue weighted by molar-refractivity contribution is 0.0881. The van der Waals surface area contributed by atoms with Crippen LogP contribution in [0.4, 0.5) is 0 Å². The predicted molar refractivity (Wildman–Crippen MR) is 82.1 cm³/mol. The predicted octanol–water partition coefficient (Wildman–Crippen LogP) is 4.62. The van der Waals surface area contributed by atoms with E-state index < -0.39 is 0 Å². The fourth-order valence-electron chi connectivity index (χ4n) is 5.07. The van der Waals surface area contributed by atoms with Crippen LogP contribution in [0.25, 0.3) is 0 Å². The lowest BCUT2D eigenvalue weighted by Crippen LogP contribution is -2.37. The Morgan fingerprint density at radius 3 is 2.21 bits per heavy atom. The molecular formula is C18H33N. The van der Waals surface area contributed by atoms with Crippen molar-refractivity contribution in [3.05, 3.63) is 0 Å². The molecule has 1 nitrogen and oxygen atoms in total. The highest BCUT2D eigenvalue weighted by Crippen LogP contribution is 2.44. The van der Waals surface area contributed by atoms with Gasteiger partial charge in [-0.05, 0) is 81.1 Å². The van der Waals surface area contributed by atoms with Crippen molar-refractivity contribution in [2.45, 2.75) is 77.7 Å². The van der Waals surface area contributed by atoms with Gasteiger partial charge in [0.25, 0.3) is 0 Å². The molecule has 3 fully saturated rings. The summed E-state index contributed by atoms with van der Waals surface area (Å²) >= 11 is 0. The van der Waals surface area contributed by atoms with E-state index in [2.05, 4.69) is 19.2 Å². The molecule has 4 atom stereocenters. The summed E-state index contributed by atoms with van der Waals surface area (Å²) in [5, 5.41) is 3.82. The number of nitrogens with one attached hydrogen (secondary N) is 1. The molecule has 3 rings (SSSR count). The zero-order valence-electron chi connectivity index (χ0n) is 13.0. The number of hydrogen-bond donors (Lipinski definition) is 1. The highest BCUT2D eigenvalue weighted by atomic mass is 14.9. The van der Waals surface area contributed by atoms with Gasteiger partial charge in [0.1, 0.15) is 0 Å². The topological polar surface area (TPSA) is 12.0 Å². The maximum atomic E-state index is 3.82. The number of hydrogen-bond acceptors (Lipinski definition) is 1. The molecule has 19 heavy (non-hydrogen) atoms. The van der Waals surface area contributed by atoms with Crippen molar-refractivity contribution < 1.29 is 0 Å². The van der Waals surface area contributed by atoms with E-state index in [9.17, 15) is 0 Å². The molecule has 0 heterocycles. The van der Waals surface area contributed by atoms with Gasteiger partial charge in [0.15, 0.2) is 0 Å². The smallest absolute Gasteiger partial charge is 0.00683 e. The molecule has 0 spiro atoms. The van der Waals surface area contributed by atoms with Gasteiger partial charge in [-0.1, -0.05) is 26.7 Å². The van der Waals surface area contributed by atoms with Crippen molar-refractivity contribution in [1.29, 1.82) is 0 Å². The van der Waals surface area contributed by atoms with Gasteiger partial charge >= 0.3 is 0 Å². The highest BCUT2D eigenvalue weighted by Gasteiger charge is 2.36. The van der Waals surface area contributed by atoms with Crippen molar-refractivity contribution in [3.63, 3.8) is 0 Å². The van der Waals surface area contributed by atoms with E-state index in [1.54, 1.807) is 0 Å². The second-order valence-corrected chi connectivity index (χ2v) is 8.07. The molecule has 0 amide bonds. The average molecular weight is 263 g/mol. The normalized spacial score (nSPS) is 44.2. The van der Waals surface area contributed by atoms with Crippen LogP contribution in [0.3, 0.4) is 0 Å². The first-order valence-corrected chi connectivity index (χ1v) is 8.95. The van der Waals surface area contributed by atoms with E-state index in [4.69, 9.17) is 0 Å². The Balaban J connectivity index is 1.58. The van der Waals surface area contributed by atoms with Crippen LogP contribution in [0.2, 0.25) is 0 Å². The minimum absolute atomic E-state index is 0.895. The Labute approximate surface area is 119 Å². The summed E-state index contributed by atoms with van der Waals surface area (Å²) in [6.07, 6.45) is 13.4. The lowest BCUT2D eigenvalue weighted by atomic mass is 9.64. The lowest BCUT2D eigenvalue weighted by Gasteiger charge is -2.42. The third-order valence-corrected chi connectivity index (χ3v) is 6.03. The minimum Gasteiger partial charge on any atom is -0.314 e. The molecule has 4 unspecified atom stereocenters. The molecule has 3 saturated carbocycles. The van der Waals surface area contributed by atoms with Crippen LogP contribution in [0, 0.1) is 29.6 Å². The maximum absolute atomic E-state index is 3.82. The average Bonchev–Trinajstić information content (AvgIpc) is 3.19. The monoisotopic (exact) mass is 263 g/mol. The van der Waals surface area contributed by atoms with E-state index in [1.165, 1.54) is 64.3 Å². The first-order chi connectivity index (χ1) is 9.22. The molecule has 1 N–H and O–H groups in total. The summed E-state index contributed by atoms with van der Waals surface area (Å²) in [7, 11) is 0. The fourth-order valence-corrected chi connectivity index (χ4v) is 5.07. The third-order valence-electron chi connectivity index (χ3n) is 6.03. The molecule has 1 heteroatoms. The molecule has 0 aromatic heterocycles. The summed E-state index contributed by atoms with van der Waals surface area (Å²) in [4.78, 5) is 0. The van der Waals surface area contributed by atoms with Crippen LogP contribution in [0.1, 0.15) is 71.6 Å². The first kappa shape index (κ1) is 13.9. The van der Waals surface area contributed by atoms with Gasteiger partial charge in [-0.3, -0.25) is 0 Å². The molecule has 3 aliphatic rings. The first-order valence-electron chi connectivity index (χ1n) is 8.95. The van der Waals surface area contributed by atoms with Gasteiger partial charge in [-0.25, -0.2) is 0 Å². The van der Waals surface area contributed by atoms with Crippen LogP contribution in [0.5, 0.6) is 0 Å². The van der Waals surface area contributed by atoms with E-state index in [0.717, 1.165) is 35.6 Å². The van der Waals surface area contributed by atoms with Crippen molar-refractivity contribution in [2.24, 2.45) is 29.6 Å². The second kappa shape index (κ2) is 6.16.